The lowest BCUT2D eigenvalue weighted by atomic mass is 10.3. The van der Waals surface area contributed by atoms with Gasteiger partial charge in [0.25, 0.3) is 5.91 Å². The highest BCUT2D eigenvalue weighted by Crippen LogP contribution is 2.14. The maximum Gasteiger partial charge on any atom is 0.275 e. The maximum absolute atomic E-state index is 12.4. The molecular formula is C14H13N5OS. The number of hydrogen-bond acceptors (Lipinski definition) is 3. The fourth-order valence-electron chi connectivity index (χ4n) is 2.03. The number of benzene rings is 1. The molecule has 0 radical (unpaired) electrons. The van der Waals surface area contributed by atoms with Gasteiger partial charge in [-0.1, -0.05) is 18.2 Å². The highest BCUT2D eigenvalue weighted by Gasteiger charge is 2.15. The molecule has 6 nitrogen and oxygen atoms in total. The van der Waals surface area contributed by atoms with E-state index in [1.165, 1.54) is 0 Å². The van der Waals surface area contributed by atoms with Gasteiger partial charge < -0.3 is 10.3 Å². The topological polar surface area (TPSA) is 67.6 Å². The Balaban J connectivity index is 1.96. The lowest BCUT2D eigenvalue weighted by Crippen LogP contribution is -2.16. The molecule has 3 rings (SSSR count). The first-order valence-corrected chi connectivity index (χ1v) is 6.73. The quantitative estimate of drug-likeness (QED) is 0.730. The molecule has 0 aliphatic heterocycles. The van der Waals surface area contributed by atoms with Gasteiger partial charge in [0.15, 0.2) is 10.6 Å². The van der Waals surface area contributed by atoms with E-state index >= 15 is 0 Å². The van der Waals surface area contributed by atoms with Crippen molar-refractivity contribution in [2.24, 2.45) is 7.05 Å². The molecular weight excluding hydrogens is 286 g/mol. The number of rotatable bonds is 3. The molecule has 0 atom stereocenters. The number of nitrogens with zero attached hydrogens (tertiary/aromatic N) is 3. The zero-order chi connectivity index (χ0) is 14.8. The third-order valence-corrected chi connectivity index (χ3v) is 3.28. The summed E-state index contributed by atoms with van der Waals surface area (Å²) in [5, 5.41) is 6.87. The van der Waals surface area contributed by atoms with Gasteiger partial charge >= 0.3 is 0 Å². The van der Waals surface area contributed by atoms with Crippen molar-refractivity contribution in [3.63, 3.8) is 0 Å². The fraction of sp³-hybridized carbons (Fsp3) is 0.0714. The molecule has 0 unspecified atom stereocenters. The number of aryl methyl sites for hydroxylation is 1. The van der Waals surface area contributed by atoms with Crippen molar-refractivity contribution in [2.45, 2.75) is 0 Å². The van der Waals surface area contributed by atoms with E-state index in [2.05, 4.69) is 15.4 Å². The Labute approximate surface area is 126 Å². The zero-order valence-electron chi connectivity index (χ0n) is 11.3. The first-order chi connectivity index (χ1) is 10.1. The van der Waals surface area contributed by atoms with Crippen LogP contribution >= 0.6 is 12.2 Å². The fourth-order valence-corrected chi connectivity index (χ4v) is 2.29. The van der Waals surface area contributed by atoms with Crippen LogP contribution in [0.1, 0.15) is 10.5 Å². The minimum atomic E-state index is -0.273. The zero-order valence-corrected chi connectivity index (χ0v) is 12.1. The molecule has 0 aliphatic rings. The predicted octanol–water partition coefficient (Wildman–Crippen LogP) is 2.52. The predicted molar refractivity (Wildman–Crippen MR) is 82.1 cm³/mol. The van der Waals surface area contributed by atoms with Crippen molar-refractivity contribution in [3.8, 4) is 5.69 Å². The average Bonchev–Trinajstić information content (AvgIpc) is 3.06. The van der Waals surface area contributed by atoms with Crippen molar-refractivity contribution in [3.05, 3.63) is 59.3 Å². The monoisotopic (exact) mass is 299 g/mol. The molecule has 1 amide bonds. The van der Waals surface area contributed by atoms with E-state index in [9.17, 15) is 4.79 Å². The van der Waals surface area contributed by atoms with Crippen molar-refractivity contribution >= 4 is 23.9 Å². The Kier molecular flexibility index (Phi) is 3.41. The third-order valence-electron chi connectivity index (χ3n) is 2.98. The number of aromatic amines is 1. The number of H-pyrrole nitrogens is 1. The highest BCUT2D eigenvalue weighted by molar-refractivity contribution is 7.71. The number of carbonyl (C=O) groups is 1. The molecule has 0 aliphatic carbocycles. The molecule has 2 aromatic heterocycles. The van der Waals surface area contributed by atoms with Crippen LogP contribution in [0.15, 0.2) is 48.8 Å². The summed E-state index contributed by atoms with van der Waals surface area (Å²) in [6.45, 7) is 0. The Hall–Kier alpha value is -2.67. The lowest BCUT2D eigenvalue weighted by molar-refractivity contribution is 0.102. The number of para-hydroxylation sites is 1. The van der Waals surface area contributed by atoms with Gasteiger partial charge in [-0.25, -0.2) is 0 Å². The molecule has 0 spiro atoms. The van der Waals surface area contributed by atoms with Gasteiger partial charge in [-0.3, -0.25) is 14.0 Å². The summed E-state index contributed by atoms with van der Waals surface area (Å²) in [7, 11) is 1.79. The van der Waals surface area contributed by atoms with Crippen LogP contribution in [0.25, 0.3) is 5.69 Å². The van der Waals surface area contributed by atoms with Gasteiger partial charge in [-0.2, -0.15) is 5.10 Å². The Bertz CT molecular complexity index is 830. The van der Waals surface area contributed by atoms with Crippen LogP contribution < -0.4 is 5.32 Å². The van der Waals surface area contributed by atoms with Gasteiger partial charge in [-0.05, 0) is 24.4 Å². The van der Waals surface area contributed by atoms with Gasteiger partial charge in [0, 0.05) is 31.2 Å². The largest absolute Gasteiger partial charge is 0.336 e. The minimum Gasteiger partial charge on any atom is -0.336 e. The van der Waals surface area contributed by atoms with Gasteiger partial charge in [0.1, 0.15) is 5.69 Å². The van der Waals surface area contributed by atoms with Crippen LogP contribution in [0.3, 0.4) is 0 Å². The molecule has 21 heavy (non-hydrogen) atoms. The van der Waals surface area contributed by atoms with E-state index in [1.54, 1.807) is 34.8 Å². The summed E-state index contributed by atoms with van der Waals surface area (Å²) in [6, 6.07) is 11.2. The van der Waals surface area contributed by atoms with E-state index in [0.29, 0.717) is 16.3 Å². The molecule has 0 saturated heterocycles. The van der Waals surface area contributed by atoms with Gasteiger partial charge in [0.2, 0.25) is 0 Å². The SMILES string of the molecule is Cn1ccc(NC(=O)c2c[nH]c(=S)n2-c2ccccc2)n1. The van der Waals surface area contributed by atoms with E-state index < -0.39 is 0 Å². The van der Waals surface area contributed by atoms with E-state index in [1.807, 2.05) is 30.3 Å². The Morgan fingerprint density at radius 3 is 2.71 bits per heavy atom. The normalized spacial score (nSPS) is 10.5. The van der Waals surface area contributed by atoms with Crippen LogP contribution in [0.2, 0.25) is 0 Å². The molecule has 0 fully saturated rings. The van der Waals surface area contributed by atoms with Crippen LogP contribution in [0, 0.1) is 4.77 Å². The molecule has 2 N–H and O–H groups in total. The summed E-state index contributed by atoms with van der Waals surface area (Å²) in [4.78, 5) is 15.3. The first-order valence-electron chi connectivity index (χ1n) is 6.32. The number of hydrogen-bond donors (Lipinski definition) is 2. The number of carbonyl (C=O) groups excluding carboxylic acids is 1. The van der Waals surface area contributed by atoms with Crippen molar-refractivity contribution in [1.82, 2.24) is 19.3 Å². The van der Waals surface area contributed by atoms with Crippen LogP contribution in [-0.4, -0.2) is 25.2 Å². The highest BCUT2D eigenvalue weighted by atomic mass is 32.1. The summed E-state index contributed by atoms with van der Waals surface area (Å²) >= 11 is 5.25. The minimum absolute atomic E-state index is 0.273. The Morgan fingerprint density at radius 1 is 1.29 bits per heavy atom. The maximum atomic E-state index is 12.4. The molecule has 0 bridgehead atoms. The van der Waals surface area contributed by atoms with Crippen molar-refractivity contribution in [2.75, 3.05) is 5.32 Å². The van der Waals surface area contributed by atoms with Gasteiger partial charge in [-0.15, -0.1) is 0 Å². The summed E-state index contributed by atoms with van der Waals surface area (Å²) in [5.41, 5.74) is 1.26. The molecule has 3 aromatic rings. The number of imidazole rings is 1. The standard InChI is InChI=1S/C14H13N5OS/c1-18-8-7-12(17-18)16-13(20)11-9-15-14(21)19(11)10-5-3-2-4-6-10/h2-9H,1H3,(H,15,21)(H,16,17,20). The Morgan fingerprint density at radius 2 is 2.05 bits per heavy atom. The molecule has 0 saturated carbocycles. The number of aromatic nitrogens is 4. The van der Waals surface area contributed by atoms with Crippen LogP contribution in [0.5, 0.6) is 0 Å². The number of nitrogens with one attached hydrogen (secondary N) is 2. The van der Waals surface area contributed by atoms with E-state index in [0.717, 1.165) is 5.69 Å². The van der Waals surface area contributed by atoms with Crippen molar-refractivity contribution < 1.29 is 4.79 Å². The molecule has 2 heterocycles. The van der Waals surface area contributed by atoms with Crippen molar-refractivity contribution in [1.29, 1.82) is 0 Å². The lowest BCUT2D eigenvalue weighted by Gasteiger charge is -2.07. The molecule has 1 aromatic carbocycles. The summed E-state index contributed by atoms with van der Waals surface area (Å²) in [6.07, 6.45) is 3.35. The smallest absolute Gasteiger partial charge is 0.275 e. The summed E-state index contributed by atoms with van der Waals surface area (Å²) in [5.74, 6) is 0.221. The summed E-state index contributed by atoms with van der Waals surface area (Å²) < 4.78 is 3.77. The second kappa shape index (κ2) is 5.37. The third kappa shape index (κ3) is 2.63. The first kappa shape index (κ1) is 13.3. The number of anilines is 1. The second-order valence-corrected chi connectivity index (χ2v) is 4.87. The molecule has 7 heteroatoms. The number of amides is 1. The second-order valence-electron chi connectivity index (χ2n) is 4.48. The van der Waals surface area contributed by atoms with E-state index in [4.69, 9.17) is 12.2 Å². The van der Waals surface area contributed by atoms with Gasteiger partial charge in [0.05, 0.1) is 0 Å². The van der Waals surface area contributed by atoms with Crippen LogP contribution in [-0.2, 0) is 7.05 Å². The van der Waals surface area contributed by atoms with E-state index in [-0.39, 0.29) is 5.91 Å². The average molecular weight is 299 g/mol. The molecule has 106 valence electrons. The van der Waals surface area contributed by atoms with Crippen LogP contribution in [0.4, 0.5) is 5.82 Å².